The van der Waals surface area contributed by atoms with E-state index in [4.69, 9.17) is 0 Å². The van der Waals surface area contributed by atoms with Crippen LogP contribution in [0.3, 0.4) is 0 Å². The summed E-state index contributed by atoms with van der Waals surface area (Å²) in [5, 5.41) is 20.5. The molecule has 0 spiro atoms. The monoisotopic (exact) mass is 327 g/mol. The molecule has 2 aromatic rings. The van der Waals surface area contributed by atoms with Gasteiger partial charge in [-0.3, -0.25) is 4.90 Å². The quantitative estimate of drug-likeness (QED) is 0.661. The first-order valence-corrected chi connectivity index (χ1v) is 8.63. The Balaban J connectivity index is 1.97. The van der Waals surface area contributed by atoms with E-state index in [9.17, 15) is 10.2 Å². The SMILES string of the molecule is C=CCN1CCc2cc(O)c(O)c(Sc3ccccc3)c2CC1. The first-order chi connectivity index (χ1) is 11.2. The molecule has 2 N–H and O–H groups in total. The third kappa shape index (κ3) is 3.54. The van der Waals surface area contributed by atoms with E-state index in [2.05, 4.69) is 11.5 Å². The molecule has 0 saturated carbocycles. The second-order valence-electron chi connectivity index (χ2n) is 5.72. The Hall–Kier alpha value is -1.91. The van der Waals surface area contributed by atoms with E-state index >= 15 is 0 Å². The number of phenols is 2. The molecule has 0 fully saturated rings. The van der Waals surface area contributed by atoms with E-state index in [1.807, 2.05) is 36.4 Å². The average molecular weight is 327 g/mol. The van der Waals surface area contributed by atoms with E-state index < -0.39 is 0 Å². The second kappa shape index (κ2) is 7.11. The van der Waals surface area contributed by atoms with Crippen molar-refractivity contribution < 1.29 is 10.2 Å². The number of aromatic hydroxyl groups is 2. The number of hydrogen-bond acceptors (Lipinski definition) is 4. The van der Waals surface area contributed by atoms with Crippen LogP contribution in [0.15, 0.2) is 58.8 Å². The molecule has 120 valence electrons. The van der Waals surface area contributed by atoms with Gasteiger partial charge in [0, 0.05) is 24.5 Å². The third-order valence-electron chi connectivity index (χ3n) is 4.16. The lowest BCUT2D eigenvalue weighted by Crippen LogP contribution is -2.26. The molecule has 0 atom stereocenters. The van der Waals surface area contributed by atoms with Gasteiger partial charge in [-0.25, -0.2) is 0 Å². The predicted molar refractivity (Wildman–Crippen MR) is 94.4 cm³/mol. The fourth-order valence-electron chi connectivity index (χ4n) is 2.96. The van der Waals surface area contributed by atoms with Gasteiger partial charge >= 0.3 is 0 Å². The van der Waals surface area contributed by atoms with Crippen molar-refractivity contribution >= 4 is 11.8 Å². The largest absolute Gasteiger partial charge is 0.504 e. The Kier molecular flexibility index (Phi) is 4.94. The smallest absolute Gasteiger partial charge is 0.171 e. The maximum Gasteiger partial charge on any atom is 0.171 e. The summed E-state index contributed by atoms with van der Waals surface area (Å²) in [6.45, 7) is 6.56. The molecule has 0 aromatic heterocycles. The molecule has 0 unspecified atom stereocenters. The summed E-state index contributed by atoms with van der Waals surface area (Å²) in [6, 6.07) is 11.7. The Labute approximate surface area is 141 Å². The lowest BCUT2D eigenvalue weighted by Gasteiger charge is -2.17. The Morgan fingerprint density at radius 3 is 2.61 bits per heavy atom. The summed E-state index contributed by atoms with van der Waals surface area (Å²) in [7, 11) is 0. The fraction of sp³-hybridized carbons (Fsp3) is 0.263. The van der Waals surface area contributed by atoms with E-state index in [0.29, 0.717) is 0 Å². The fourth-order valence-corrected chi connectivity index (χ4v) is 4.05. The van der Waals surface area contributed by atoms with Crippen molar-refractivity contribution in [2.45, 2.75) is 22.6 Å². The Morgan fingerprint density at radius 2 is 1.87 bits per heavy atom. The number of phenolic OH excluding ortho intramolecular Hbond substituents is 2. The number of benzene rings is 2. The highest BCUT2D eigenvalue weighted by atomic mass is 32.2. The summed E-state index contributed by atoms with van der Waals surface area (Å²) < 4.78 is 0. The molecule has 1 aliphatic heterocycles. The molecule has 0 radical (unpaired) electrons. The van der Waals surface area contributed by atoms with Crippen LogP contribution in [0.25, 0.3) is 0 Å². The van der Waals surface area contributed by atoms with Crippen LogP contribution in [0.1, 0.15) is 11.1 Å². The van der Waals surface area contributed by atoms with Gasteiger partial charge in [-0.1, -0.05) is 36.0 Å². The van der Waals surface area contributed by atoms with Gasteiger partial charge in [-0.2, -0.15) is 0 Å². The van der Waals surface area contributed by atoms with Crippen molar-refractivity contribution in [1.82, 2.24) is 4.90 Å². The van der Waals surface area contributed by atoms with Crippen LogP contribution in [0.4, 0.5) is 0 Å². The molecule has 1 aliphatic rings. The number of fused-ring (bicyclic) bond motifs is 1. The highest BCUT2D eigenvalue weighted by Crippen LogP contribution is 2.44. The highest BCUT2D eigenvalue weighted by molar-refractivity contribution is 7.99. The van der Waals surface area contributed by atoms with Crippen molar-refractivity contribution in [1.29, 1.82) is 0 Å². The van der Waals surface area contributed by atoms with Crippen LogP contribution in [0, 0.1) is 0 Å². The van der Waals surface area contributed by atoms with Crippen LogP contribution in [-0.2, 0) is 12.8 Å². The topological polar surface area (TPSA) is 43.7 Å². The van der Waals surface area contributed by atoms with E-state index in [0.717, 1.165) is 53.4 Å². The molecule has 3 rings (SSSR count). The first kappa shape index (κ1) is 16.0. The first-order valence-electron chi connectivity index (χ1n) is 7.82. The average Bonchev–Trinajstić information content (AvgIpc) is 2.76. The van der Waals surface area contributed by atoms with E-state index in [1.54, 1.807) is 6.07 Å². The summed E-state index contributed by atoms with van der Waals surface area (Å²) in [5.41, 5.74) is 2.28. The van der Waals surface area contributed by atoms with Gasteiger partial charge in [0.15, 0.2) is 11.5 Å². The lowest BCUT2D eigenvalue weighted by molar-refractivity contribution is 0.318. The number of nitrogens with zero attached hydrogens (tertiary/aromatic N) is 1. The summed E-state index contributed by atoms with van der Waals surface area (Å²) in [4.78, 5) is 4.19. The summed E-state index contributed by atoms with van der Waals surface area (Å²) >= 11 is 1.52. The van der Waals surface area contributed by atoms with Gasteiger partial charge in [0.05, 0.1) is 4.90 Å². The number of rotatable bonds is 4. The van der Waals surface area contributed by atoms with Gasteiger partial charge in [-0.15, -0.1) is 6.58 Å². The van der Waals surface area contributed by atoms with Crippen LogP contribution in [0.2, 0.25) is 0 Å². The molecule has 23 heavy (non-hydrogen) atoms. The van der Waals surface area contributed by atoms with Crippen molar-refractivity contribution in [3.8, 4) is 11.5 Å². The van der Waals surface area contributed by atoms with Crippen LogP contribution < -0.4 is 0 Å². The normalized spacial score (nSPS) is 15.0. The molecule has 0 bridgehead atoms. The molecule has 1 heterocycles. The van der Waals surface area contributed by atoms with Gasteiger partial charge in [0.25, 0.3) is 0 Å². The molecule has 2 aromatic carbocycles. The maximum atomic E-state index is 10.4. The summed E-state index contributed by atoms with van der Waals surface area (Å²) in [6.07, 6.45) is 3.66. The van der Waals surface area contributed by atoms with E-state index in [-0.39, 0.29) is 11.5 Å². The van der Waals surface area contributed by atoms with Crippen molar-refractivity contribution in [2.24, 2.45) is 0 Å². The van der Waals surface area contributed by atoms with Gasteiger partial charge < -0.3 is 10.2 Å². The molecule has 0 amide bonds. The minimum Gasteiger partial charge on any atom is -0.504 e. The Morgan fingerprint density at radius 1 is 1.13 bits per heavy atom. The van der Waals surface area contributed by atoms with Crippen molar-refractivity contribution in [3.63, 3.8) is 0 Å². The maximum absolute atomic E-state index is 10.4. The second-order valence-corrected chi connectivity index (χ2v) is 6.80. The molecule has 0 saturated heterocycles. The highest BCUT2D eigenvalue weighted by Gasteiger charge is 2.21. The minimum absolute atomic E-state index is 0.00484. The molecular weight excluding hydrogens is 306 g/mol. The minimum atomic E-state index is -0.0284. The van der Waals surface area contributed by atoms with Gasteiger partial charge in [0.1, 0.15) is 0 Å². The van der Waals surface area contributed by atoms with Gasteiger partial charge in [-0.05, 0) is 42.2 Å². The van der Waals surface area contributed by atoms with Crippen LogP contribution in [-0.4, -0.2) is 34.7 Å². The van der Waals surface area contributed by atoms with Crippen LogP contribution in [0.5, 0.6) is 11.5 Å². The zero-order valence-electron chi connectivity index (χ0n) is 13.0. The predicted octanol–water partition coefficient (Wildman–Crippen LogP) is 3.84. The Bertz CT molecular complexity index is 700. The standard InChI is InChI=1S/C19H21NO2S/c1-2-10-20-11-8-14-13-17(21)18(22)19(16(14)9-12-20)23-15-6-4-3-5-7-15/h2-7,13,21-22H,1,8-12H2. The molecular formula is C19H21NO2S. The van der Waals surface area contributed by atoms with Crippen LogP contribution >= 0.6 is 11.8 Å². The zero-order chi connectivity index (χ0) is 16.2. The molecule has 0 aliphatic carbocycles. The lowest BCUT2D eigenvalue weighted by atomic mass is 10.0. The summed E-state index contributed by atoms with van der Waals surface area (Å²) in [5.74, 6) is -0.0332. The van der Waals surface area contributed by atoms with E-state index in [1.165, 1.54) is 11.8 Å². The third-order valence-corrected chi connectivity index (χ3v) is 5.31. The van der Waals surface area contributed by atoms with Gasteiger partial charge in [0.2, 0.25) is 0 Å². The van der Waals surface area contributed by atoms with Crippen molar-refractivity contribution in [3.05, 3.63) is 60.2 Å². The molecule has 3 nitrogen and oxygen atoms in total. The number of hydrogen-bond donors (Lipinski definition) is 2. The van der Waals surface area contributed by atoms with Crippen molar-refractivity contribution in [2.75, 3.05) is 19.6 Å². The zero-order valence-corrected chi connectivity index (χ0v) is 13.9. The molecule has 4 heteroatoms.